The highest BCUT2D eigenvalue weighted by Gasteiger charge is 2.52. The van der Waals surface area contributed by atoms with E-state index >= 15 is 0 Å². The molecule has 0 unspecified atom stereocenters. The van der Waals surface area contributed by atoms with Gasteiger partial charge in [0, 0.05) is 12.6 Å². The van der Waals surface area contributed by atoms with Crippen molar-refractivity contribution in [1.82, 2.24) is 31.5 Å². The number of hydrogen-bond donors (Lipinski definition) is 5. The minimum absolute atomic E-state index is 0.000720. The standard InChI is InChI=1S/C38H62N6O8/c1-8-13-27(30(45)35(49)40-25-18-19-25)41-34(48)29-26-17-12-16-24(26)20-44(29)36(50)31(38(5,6)7)43-33(47)28(23-14-10-9-11-15-23)42-32(46)22(4)39-37(51)52-21(2)3/h21-29,31H,8-20H2,1-7H3,(H,39,51)(H,40,49)(H,41,48)(H,42,46)(H,43,47)/t22-,24+,26+,27+,28+,29+,31-/m1/s1. The molecule has 1 aliphatic heterocycles. The van der Waals surface area contributed by atoms with E-state index in [0.717, 1.165) is 64.2 Å². The summed E-state index contributed by atoms with van der Waals surface area (Å²) in [5, 5.41) is 13.9. The number of ether oxygens (including phenoxy) is 1. The maximum atomic E-state index is 14.6. The zero-order valence-electron chi connectivity index (χ0n) is 32.2. The summed E-state index contributed by atoms with van der Waals surface area (Å²) in [6, 6.07) is -4.82. The van der Waals surface area contributed by atoms with Crippen LogP contribution in [-0.4, -0.2) is 95.2 Å². The number of alkyl carbamates (subject to hydrolysis) is 1. The summed E-state index contributed by atoms with van der Waals surface area (Å²) in [5.74, 6) is -3.47. The summed E-state index contributed by atoms with van der Waals surface area (Å²) in [4.78, 5) is 95.9. The first-order valence-electron chi connectivity index (χ1n) is 19.5. The molecule has 3 aliphatic carbocycles. The lowest BCUT2D eigenvalue weighted by Crippen LogP contribution is -2.63. The molecule has 3 saturated carbocycles. The van der Waals surface area contributed by atoms with Crippen molar-refractivity contribution in [1.29, 1.82) is 0 Å². The van der Waals surface area contributed by atoms with Crippen LogP contribution in [0.2, 0.25) is 0 Å². The zero-order valence-corrected chi connectivity index (χ0v) is 32.2. The third-order valence-electron chi connectivity index (χ3n) is 11.0. The minimum atomic E-state index is -1.04. The molecule has 0 aromatic rings. The van der Waals surface area contributed by atoms with Gasteiger partial charge >= 0.3 is 6.09 Å². The molecule has 52 heavy (non-hydrogen) atoms. The number of rotatable bonds is 15. The highest BCUT2D eigenvalue weighted by Crippen LogP contribution is 2.43. The quantitative estimate of drug-likeness (QED) is 0.159. The van der Waals surface area contributed by atoms with E-state index in [1.165, 1.54) is 6.92 Å². The molecule has 292 valence electrons. The lowest BCUT2D eigenvalue weighted by atomic mass is 9.82. The fraction of sp³-hybridized carbons (Fsp3) is 0.816. The topological polar surface area (TPSA) is 192 Å². The fourth-order valence-corrected chi connectivity index (χ4v) is 8.01. The molecular formula is C38H62N6O8. The van der Waals surface area contributed by atoms with Gasteiger partial charge in [-0.25, -0.2) is 4.79 Å². The molecule has 1 saturated heterocycles. The van der Waals surface area contributed by atoms with Gasteiger partial charge in [-0.2, -0.15) is 0 Å². The molecular weight excluding hydrogens is 668 g/mol. The molecule has 7 atom stereocenters. The first-order valence-corrected chi connectivity index (χ1v) is 19.5. The number of hydrogen-bond acceptors (Lipinski definition) is 8. The van der Waals surface area contributed by atoms with Gasteiger partial charge in [-0.1, -0.05) is 59.8 Å². The van der Waals surface area contributed by atoms with Crippen LogP contribution in [-0.2, 0) is 33.5 Å². The van der Waals surface area contributed by atoms with Crippen LogP contribution in [0.5, 0.6) is 0 Å². The van der Waals surface area contributed by atoms with E-state index in [1.807, 2.05) is 27.7 Å². The molecule has 4 aliphatic rings. The second-order valence-electron chi connectivity index (χ2n) is 16.8. The van der Waals surface area contributed by atoms with E-state index in [1.54, 1.807) is 18.7 Å². The molecule has 0 aromatic heterocycles. The fourth-order valence-electron chi connectivity index (χ4n) is 8.01. The number of ketones is 1. The first kappa shape index (κ1) is 41.1. The summed E-state index contributed by atoms with van der Waals surface area (Å²) in [6.07, 6.45) is 8.21. The number of nitrogens with one attached hydrogen (secondary N) is 5. The van der Waals surface area contributed by atoms with Gasteiger partial charge in [-0.3, -0.25) is 28.8 Å². The Hall–Kier alpha value is -3.71. The van der Waals surface area contributed by atoms with Crippen molar-refractivity contribution in [3.8, 4) is 0 Å². The second kappa shape index (κ2) is 17.9. The monoisotopic (exact) mass is 730 g/mol. The minimum Gasteiger partial charge on any atom is -0.447 e. The third kappa shape index (κ3) is 10.7. The van der Waals surface area contributed by atoms with Crippen LogP contribution in [0.4, 0.5) is 4.79 Å². The van der Waals surface area contributed by atoms with Crippen molar-refractivity contribution in [2.24, 2.45) is 23.2 Å². The van der Waals surface area contributed by atoms with Crippen molar-refractivity contribution in [2.45, 2.75) is 168 Å². The lowest BCUT2D eigenvalue weighted by molar-refractivity contribution is -0.146. The van der Waals surface area contributed by atoms with Crippen molar-refractivity contribution >= 4 is 41.4 Å². The Bertz CT molecular complexity index is 1340. The molecule has 0 aromatic carbocycles. The van der Waals surface area contributed by atoms with Crippen LogP contribution in [0.1, 0.15) is 126 Å². The van der Waals surface area contributed by atoms with Gasteiger partial charge in [0.1, 0.15) is 24.2 Å². The molecule has 14 heteroatoms. The number of nitrogens with zero attached hydrogens (tertiary/aromatic N) is 1. The van der Waals surface area contributed by atoms with E-state index < -0.39 is 77.0 Å². The molecule has 4 rings (SSSR count). The largest absolute Gasteiger partial charge is 0.447 e. The Morgan fingerprint density at radius 3 is 2.06 bits per heavy atom. The van der Waals surface area contributed by atoms with Gasteiger partial charge in [0.2, 0.25) is 29.4 Å². The van der Waals surface area contributed by atoms with E-state index in [2.05, 4.69) is 26.6 Å². The van der Waals surface area contributed by atoms with Crippen molar-refractivity contribution in [3.05, 3.63) is 0 Å². The number of amides is 6. The molecule has 0 radical (unpaired) electrons. The van der Waals surface area contributed by atoms with E-state index in [4.69, 9.17) is 4.74 Å². The van der Waals surface area contributed by atoms with E-state index in [9.17, 15) is 33.6 Å². The van der Waals surface area contributed by atoms with Crippen LogP contribution in [0.15, 0.2) is 0 Å². The average Bonchev–Trinajstić information content (AvgIpc) is 3.64. The maximum absolute atomic E-state index is 14.6. The van der Waals surface area contributed by atoms with E-state index in [-0.39, 0.29) is 29.9 Å². The second-order valence-corrected chi connectivity index (χ2v) is 16.8. The Morgan fingerprint density at radius 1 is 0.788 bits per heavy atom. The van der Waals surface area contributed by atoms with Gasteiger partial charge in [-0.05, 0) is 88.9 Å². The molecule has 0 spiro atoms. The number of carbonyl (C=O) groups excluding carboxylic acids is 7. The van der Waals surface area contributed by atoms with Crippen LogP contribution >= 0.6 is 0 Å². The molecule has 0 bridgehead atoms. The Labute approximate surface area is 308 Å². The summed E-state index contributed by atoms with van der Waals surface area (Å²) in [5.41, 5.74) is -0.774. The van der Waals surface area contributed by atoms with Crippen molar-refractivity contribution in [3.63, 3.8) is 0 Å². The SMILES string of the molecule is CCC[C@H](NC(=O)[C@@H]1[C@H]2CCC[C@H]2CN1C(=O)[C@@H](NC(=O)[C@@H](NC(=O)[C@@H](C)NC(=O)OC(C)C)C1CCCCC1)C(C)(C)C)C(=O)C(=O)NC1CC1. The highest BCUT2D eigenvalue weighted by molar-refractivity contribution is 6.38. The predicted molar refractivity (Wildman–Crippen MR) is 193 cm³/mol. The van der Waals surface area contributed by atoms with Crippen LogP contribution < -0.4 is 26.6 Å². The average molecular weight is 731 g/mol. The summed E-state index contributed by atoms with van der Waals surface area (Å²) in [7, 11) is 0. The summed E-state index contributed by atoms with van der Waals surface area (Å²) < 4.78 is 5.11. The van der Waals surface area contributed by atoms with Crippen LogP contribution in [0, 0.1) is 23.2 Å². The number of likely N-dealkylation sites (tertiary alicyclic amines) is 1. The third-order valence-corrected chi connectivity index (χ3v) is 11.0. The van der Waals surface area contributed by atoms with E-state index in [0.29, 0.717) is 19.4 Å². The smallest absolute Gasteiger partial charge is 0.408 e. The van der Waals surface area contributed by atoms with Gasteiger partial charge in [0.15, 0.2) is 0 Å². The molecule has 14 nitrogen and oxygen atoms in total. The molecule has 1 heterocycles. The maximum Gasteiger partial charge on any atom is 0.408 e. The Balaban J connectivity index is 1.54. The normalized spacial score (nSPS) is 24.2. The summed E-state index contributed by atoms with van der Waals surface area (Å²) in [6.45, 7) is 12.7. The zero-order chi connectivity index (χ0) is 38.3. The van der Waals surface area contributed by atoms with Crippen LogP contribution in [0.25, 0.3) is 0 Å². The van der Waals surface area contributed by atoms with Crippen molar-refractivity contribution < 1.29 is 38.3 Å². The number of Topliss-reactive ketones (excluding diaryl/α,β-unsaturated/α-hetero) is 1. The van der Waals surface area contributed by atoms with Gasteiger partial charge in [-0.15, -0.1) is 0 Å². The lowest BCUT2D eigenvalue weighted by Gasteiger charge is -2.38. The molecule has 6 amide bonds. The number of carbonyl (C=O) groups is 7. The number of fused-ring (bicyclic) bond motifs is 1. The highest BCUT2D eigenvalue weighted by atomic mass is 16.6. The van der Waals surface area contributed by atoms with Gasteiger partial charge in [0.25, 0.3) is 5.91 Å². The molecule has 4 fully saturated rings. The van der Waals surface area contributed by atoms with Crippen LogP contribution in [0.3, 0.4) is 0 Å². The van der Waals surface area contributed by atoms with Gasteiger partial charge in [0.05, 0.1) is 12.1 Å². The molecule has 5 N–H and O–H groups in total. The Morgan fingerprint density at radius 2 is 1.46 bits per heavy atom. The van der Waals surface area contributed by atoms with Gasteiger partial charge < -0.3 is 36.2 Å². The first-order chi connectivity index (χ1) is 24.5. The predicted octanol–water partition coefficient (Wildman–Crippen LogP) is 2.87. The van der Waals surface area contributed by atoms with Crippen molar-refractivity contribution in [2.75, 3.05) is 6.54 Å². The Kier molecular flexibility index (Phi) is 14.1. The summed E-state index contributed by atoms with van der Waals surface area (Å²) >= 11 is 0.